The van der Waals surface area contributed by atoms with Gasteiger partial charge >= 0.3 is 0 Å². The molecule has 1 aromatic carbocycles. The van der Waals surface area contributed by atoms with E-state index in [1.165, 1.54) is 96.0 Å². The number of hydrogen-bond donors (Lipinski definition) is 1. The van der Waals surface area contributed by atoms with E-state index in [9.17, 15) is 13.0 Å². The van der Waals surface area contributed by atoms with E-state index < -0.39 is 10.1 Å². The molecular formula is C24H42AlO3S. The van der Waals surface area contributed by atoms with Crippen LogP contribution in [-0.4, -0.2) is 30.3 Å². The molecule has 3 radical (unpaired) electrons. The highest BCUT2D eigenvalue weighted by molar-refractivity contribution is 7.85. The number of unbranched alkanes of at least 4 members (excludes halogenated alkanes) is 15. The number of benzene rings is 1. The third-order valence-electron chi connectivity index (χ3n) is 5.55. The largest absolute Gasteiger partial charge is 0.294 e. The lowest BCUT2D eigenvalue weighted by Crippen LogP contribution is -2.03. The van der Waals surface area contributed by atoms with Crippen molar-refractivity contribution in [1.29, 1.82) is 0 Å². The molecule has 1 aromatic rings. The second kappa shape index (κ2) is 18.4. The van der Waals surface area contributed by atoms with Gasteiger partial charge in [-0.3, -0.25) is 4.55 Å². The Morgan fingerprint density at radius 3 is 1.45 bits per heavy atom. The van der Waals surface area contributed by atoms with Crippen LogP contribution in [0.3, 0.4) is 0 Å². The summed E-state index contributed by atoms with van der Waals surface area (Å²) < 4.78 is 32.0. The van der Waals surface area contributed by atoms with Crippen LogP contribution in [0.4, 0.5) is 0 Å². The molecule has 1 rings (SSSR count). The van der Waals surface area contributed by atoms with Gasteiger partial charge in [0.25, 0.3) is 10.1 Å². The first-order chi connectivity index (χ1) is 13.6. The van der Waals surface area contributed by atoms with Crippen LogP contribution in [0.2, 0.25) is 0 Å². The predicted molar refractivity (Wildman–Crippen MR) is 125 cm³/mol. The van der Waals surface area contributed by atoms with E-state index in [1.807, 2.05) is 6.07 Å². The molecule has 0 bridgehead atoms. The Balaban J connectivity index is 0.00000784. The predicted octanol–water partition coefficient (Wildman–Crippen LogP) is 7.36. The lowest BCUT2D eigenvalue weighted by Gasteiger charge is -2.07. The molecule has 0 spiro atoms. The Bertz CT molecular complexity index is 602. The van der Waals surface area contributed by atoms with Crippen LogP contribution in [0.5, 0.6) is 0 Å². The van der Waals surface area contributed by atoms with Crippen LogP contribution < -0.4 is 0 Å². The Kier molecular flexibility index (Phi) is 18.2. The zero-order chi connectivity index (χ0) is 20.5. The van der Waals surface area contributed by atoms with Gasteiger partial charge in [0.2, 0.25) is 0 Å². The molecule has 1 N–H and O–H groups in total. The van der Waals surface area contributed by atoms with Crippen LogP contribution in [0.25, 0.3) is 0 Å². The van der Waals surface area contributed by atoms with Crippen LogP contribution in [-0.2, 0) is 16.5 Å². The highest BCUT2D eigenvalue weighted by Crippen LogP contribution is 2.19. The van der Waals surface area contributed by atoms with E-state index in [0.717, 1.165) is 18.4 Å². The first-order valence-electron chi connectivity index (χ1n) is 11.6. The Morgan fingerprint density at radius 2 is 1.03 bits per heavy atom. The molecule has 0 unspecified atom stereocenters. The number of rotatable bonds is 18. The van der Waals surface area contributed by atoms with Crippen molar-refractivity contribution in [2.75, 3.05) is 0 Å². The molecule has 0 amide bonds. The van der Waals surface area contributed by atoms with Gasteiger partial charge in [0, 0.05) is 17.4 Å². The fourth-order valence-corrected chi connectivity index (χ4v) is 4.58. The first kappa shape index (κ1) is 28.7. The van der Waals surface area contributed by atoms with E-state index >= 15 is 0 Å². The summed E-state index contributed by atoms with van der Waals surface area (Å²) in [4.78, 5) is 0.0657. The van der Waals surface area contributed by atoms with Crippen molar-refractivity contribution in [3.05, 3.63) is 29.8 Å². The third kappa shape index (κ3) is 15.2. The molecule has 0 fully saturated rings. The zero-order valence-corrected chi connectivity index (χ0v) is 20.6. The fraction of sp³-hybridized carbons (Fsp3) is 0.750. The second-order valence-electron chi connectivity index (χ2n) is 8.14. The Hall–Kier alpha value is -0.338. The van der Waals surface area contributed by atoms with Crippen molar-refractivity contribution in [2.24, 2.45) is 0 Å². The molecular weight excluding hydrogens is 395 g/mol. The zero-order valence-electron chi connectivity index (χ0n) is 18.6. The van der Waals surface area contributed by atoms with Crippen LogP contribution in [0, 0.1) is 0 Å². The van der Waals surface area contributed by atoms with Gasteiger partial charge in [0.05, 0.1) is 4.90 Å². The smallest absolute Gasteiger partial charge is 0.282 e. The van der Waals surface area contributed by atoms with E-state index in [2.05, 4.69) is 6.92 Å². The molecule has 0 saturated heterocycles. The molecule has 0 aliphatic heterocycles. The van der Waals surface area contributed by atoms with Crippen LogP contribution in [0.1, 0.15) is 115 Å². The molecule has 0 aromatic heterocycles. The first-order valence-corrected chi connectivity index (χ1v) is 13.0. The highest BCUT2D eigenvalue weighted by atomic mass is 32.2. The minimum absolute atomic E-state index is 0. The Morgan fingerprint density at radius 1 is 0.655 bits per heavy atom. The maximum atomic E-state index is 11.4. The van der Waals surface area contributed by atoms with Crippen molar-refractivity contribution < 1.29 is 13.0 Å². The van der Waals surface area contributed by atoms with Gasteiger partial charge in [-0.15, -0.1) is 0 Å². The van der Waals surface area contributed by atoms with E-state index in [-0.39, 0.29) is 22.3 Å². The van der Waals surface area contributed by atoms with Gasteiger partial charge in [-0.05, 0) is 24.5 Å². The average molecular weight is 438 g/mol. The van der Waals surface area contributed by atoms with E-state index in [4.69, 9.17) is 0 Å². The van der Waals surface area contributed by atoms with Gasteiger partial charge in [0.15, 0.2) is 0 Å². The molecule has 0 aliphatic rings. The molecule has 29 heavy (non-hydrogen) atoms. The molecule has 0 saturated carbocycles. The summed E-state index contributed by atoms with van der Waals surface area (Å²) in [5.74, 6) is 0. The van der Waals surface area contributed by atoms with Crippen molar-refractivity contribution >= 4 is 27.5 Å². The minimum atomic E-state index is -4.11. The fourth-order valence-electron chi connectivity index (χ4n) is 3.83. The van der Waals surface area contributed by atoms with Crippen LogP contribution in [0.15, 0.2) is 29.2 Å². The summed E-state index contributed by atoms with van der Waals surface area (Å²) in [6.07, 6.45) is 22.0. The number of aryl methyl sites for hydroxylation is 1. The minimum Gasteiger partial charge on any atom is -0.282 e. The van der Waals surface area contributed by atoms with Crippen molar-refractivity contribution in [1.82, 2.24) is 0 Å². The normalized spacial score (nSPS) is 11.4. The quantitative estimate of drug-likeness (QED) is 0.148. The average Bonchev–Trinajstić information content (AvgIpc) is 2.67. The molecule has 0 heterocycles. The lowest BCUT2D eigenvalue weighted by molar-refractivity contribution is 0.481. The molecule has 5 heteroatoms. The van der Waals surface area contributed by atoms with Gasteiger partial charge in [-0.2, -0.15) is 8.42 Å². The maximum Gasteiger partial charge on any atom is 0.294 e. The standard InChI is InChI=1S/C24H42O3S.Al/c1-2-3-4-5-6-7-8-9-10-11-12-13-14-15-16-17-20-23-21-18-19-22-24(23)28(25,26)27;/h18-19,21-22H,2-17,20H2,1H3,(H,25,26,27);. The third-order valence-corrected chi connectivity index (χ3v) is 6.50. The van der Waals surface area contributed by atoms with Gasteiger partial charge < -0.3 is 0 Å². The van der Waals surface area contributed by atoms with E-state index in [1.54, 1.807) is 12.1 Å². The summed E-state index contributed by atoms with van der Waals surface area (Å²) in [7, 11) is -4.11. The summed E-state index contributed by atoms with van der Waals surface area (Å²) in [6, 6.07) is 6.77. The summed E-state index contributed by atoms with van der Waals surface area (Å²) in [5.41, 5.74) is 0.732. The van der Waals surface area contributed by atoms with Crippen molar-refractivity contribution in [3.63, 3.8) is 0 Å². The monoisotopic (exact) mass is 437 g/mol. The topological polar surface area (TPSA) is 54.4 Å². The van der Waals surface area contributed by atoms with Crippen molar-refractivity contribution in [3.8, 4) is 0 Å². The SMILES string of the molecule is CCCCCCCCCCCCCCCCCCc1ccccc1S(=O)(=O)O.[Al]. The second-order valence-corrected chi connectivity index (χ2v) is 9.53. The lowest BCUT2D eigenvalue weighted by atomic mass is 10.0. The summed E-state index contributed by atoms with van der Waals surface area (Å²) >= 11 is 0. The van der Waals surface area contributed by atoms with Gasteiger partial charge in [-0.1, -0.05) is 121 Å². The van der Waals surface area contributed by atoms with Gasteiger partial charge in [-0.25, -0.2) is 0 Å². The van der Waals surface area contributed by atoms with Gasteiger partial charge in [0.1, 0.15) is 0 Å². The molecule has 3 nitrogen and oxygen atoms in total. The molecule has 0 atom stereocenters. The van der Waals surface area contributed by atoms with E-state index in [0.29, 0.717) is 6.42 Å². The Labute approximate surface area is 191 Å². The molecule has 0 aliphatic carbocycles. The summed E-state index contributed by atoms with van der Waals surface area (Å²) in [5, 5.41) is 0. The van der Waals surface area contributed by atoms with Crippen molar-refractivity contribution in [2.45, 2.75) is 121 Å². The number of hydrogen-bond acceptors (Lipinski definition) is 2. The highest BCUT2D eigenvalue weighted by Gasteiger charge is 2.13. The summed E-state index contributed by atoms with van der Waals surface area (Å²) in [6.45, 7) is 2.27. The van der Waals surface area contributed by atoms with Crippen LogP contribution >= 0.6 is 0 Å². The molecule has 165 valence electrons. The maximum absolute atomic E-state index is 11.4.